The Bertz CT molecular complexity index is 2200. The maximum absolute atomic E-state index is 14.7. The highest BCUT2D eigenvalue weighted by Crippen LogP contribution is 2.46. The number of sulfonamides is 1. The highest BCUT2D eigenvalue weighted by molar-refractivity contribution is 7.91. The van der Waals surface area contributed by atoms with Crippen LogP contribution >= 0.6 is 0 Å². The van der Waals surface area contributed by atoms with E-state index in [2.05, 4.69) is 16.6 Å². The Morgan fingerprint density at radius 3 is 2.41 bits per heavy atom. The van der Waals surface area contributed by atoms with Crippen molar-refractivity contribution in [1.82, 2.24) is 24.8 Å². The second kappa shape index (κ2) is 16.9. The van der Waals surface area contributed by atoms with Crippen molar-refractivity contribution >= 4 is 44.6 Å². The maximum Gasteiger partial charge on any atom is 0.259 e. The summed E-state index contributed by atoms with van der Waals surface area (Å²) in [7, 11) is -2.30. The molecule has 8 rings (SSSR count). The molecule has 3 aromatic rings. The summed E-state index contributed by atoms with van der Waals surface area (Å²) < 4.78 is 40.1. The first-order chi connectivity index (χ1) is 28.5. The van der Waals surface area contributed by atoms with Crippen LogP contribution in [0, 0.1) is 17.8 Å². The molecular formula is C45H55N5O8S. The van der Waals surface area contributed by atoms with Crippen LogP contribution in [-0.4, -0.2) is 96.5 Å². The van der Waals surface area contributed by atoms with Gasteiger partial charge in [-0.1, -0.05) is 62.1 Å². The lowest BCUT2D eigenvalue weighted by Crippen LogP contribution is -2.56. The minimum absolute atomic E-state index is 0.00405. The Balaban J connectivity index is 1.09. The Morgan fingerprint density at radius 1 is 0.983 bits per heavy atom. The Hall–Kier alpha value is -4.98. The summed E-state index contributed by atoms with van der Waals surface area (Å²) in [5.74, 6) is -1.21. The van der Waals surface area contributed by atoms with Crippen molar-refractivity contribution in [2.45, 2.75) is 106 Å². The zero-order valence-corrected chi connectivity index (χ0v) is 34.6. The number of hydrogen-bond acceptors (Lipinski definition) is 9. The zero-order chi connectivity index (χ0) is 41.3. The summed E-state index contributed by atoms with van der Waals surface area (Å²) in [6.07, 6.45) is 9.95. The first-order valence-corrected chi connectivity index (χ1v) is 22.8. The van der Waals surface area contributed by atoms with Crippen LogP contribution in [0.4, 0.5) is 0 Å². The van der Waals surface area contributed by atoms with Crippen LogP contribution in [-0.2, 0) is 29.2 Å². The van der Waals surface area contributed by atoms with Gasteiger partial charge >= 0.3 is 0 Å². The number of pyridine rings is 1. The van der Waals surface area contributed by atoms with Crippen LogP contribution in [0.5, 0.6) is 11.5 Å². The van der Waals surface area contributed by atoms with E-state index in [0.29, 0.717) is 61.0 Å². The second-order valence-corrected chi connectivity index (χ2v) is 19.1. The topological polar surface area (TPSA) is 164 Å². The molecule has 2 aliphatic heterocycles. The molecular weight excluding hydrogens is 771 g/mol. The standard InChI is InChI=1S/C45H55N5O8S/c1-3-32-27-45(32,44(54)48-59(55,56)35-17-18-35)47-42(52)39-25-34(58-40-26-37(30-14-6-4-7-15-30)46-38-24-33(57-2)16-19-36(38)40)28-50(39)41(51)23-31(22-29-12-8-9-13-29)43(53)49-20-10-5-11-21-49/h3-4,6-7,14-16,19,24,26,29,31-32,34-35,39H,1,5,8-13,17-18,20-23,25,27-28H2,2H3,(H,47,52)(H,48,54)/t31?,32-,34+,39-,45+/m0/s1. The van der Waals surface area contributed by atoms with E-state index in [0.717, 1.165) is 55.9 Å². The van der Waals surface area contributed by atoms with Crippen molar-refractivity contribution in [1.29, 1.82) is 0 Å². The van der Waals surface area contributed by atoms with E-state index >= 15 is 0 Å². The number of nitrogens with one attached hydrogen (secondary N) is 2. The fourth-order valence-corrected chi connectivity index (χ4v) is 10.7. The number of rotatable bonds is 15. The molecule has 0 bridgehead atoms. The van der Waals surface area contributed by atoms with Crippen molar-refractivity contribution in [2.75, 3.05) is 26.7 Å². The first kappa shape index (κ1) is 40.8. The highest BCUT2D eigenvalue weighted by atomic mass is 32.2. The molecule has 314 valence electrons. The summed E-state index contributed by atoms with van der Waals surface area (Å²) in [5.41, 5.74) is 0.674. The van der Waals surface area contributed by atoms with E-state index < -0.39 is 56.6 Å². The molecule has 0 spiro atoms. The van der Waals surface area contributed by atoms with Crippen LogP contribution in [0.1, 0.15) is 83.5 Å². The van der Waals surface area contributed by atoms with E-state index in [-0.39, 0.29) is 37.6 Å². The fraction of sp³-hybridized carbons (Fsp3) is 0.533. The van der Waals surface area contributed by atoms with Gasteiger partial charge in [0.15, 0.2) is 0 Å². The lowest BCUT2D eigenvalue weighted by Gasteiger charge is -2.32. The number of hydrogen-bond donors (Lipinski definition) is 2. The molecule has 4 amide bonds. The third kappa shape index (κ3) is 8.83. The summed E-state index contributed by atoms with van der Waals surface area (Å²) in [4.78, 5) is 65.3. The van der Waals surface area contributed by atoms with Crippen LogP contribution < -0.4 is 19.5 Å². The molecule has 5 aliphatic rings. The molecule has 3 heterocycles. The minimum Gasteiger partial charge on any atom is -0.497 e. The van der Waals surface area contributed by atoms with Gasteiger partial charge in [0.2, 0.25) is 27.7 Å². The van der Waals surface area contributed by atoms with Crippen LogP contribution in [0.2, 0.25) is 0 Å². The molecule has 2 saturated heterocycles. The monoisotopic (exact) mass is 825 g/mol. The molecule has 3 aliphatic carbocycles. The van der Waals surface area contributed by atoms with E-state index in [9.17, 15) is 27.6 Å². The number of aromatic nitrogens is 1. The van der Waals surface area contributed by atoms with Crippen molar-refractivity contribution in [3.63, 3.8) is 0 Å². The Labute approximate surface area is 346 Å². The maximum atomic E-state index is 14.7. The number of carbonyl (C=O) groups is 4. The lowest BCUT2D eigenvalue weighted by molar-refractivity contribution is -0.145. The molecule has 1 aromatic heterocycles. The van der Waals surface area contributed by atoms with E-state index in [1.165, 1.54) is 4.90 Å². The molecule has 1 unspecified atom stereocenters. The van der Waals surface area contributed by atoms with Crippen molar-refractivity contribution in [3.8, 4) is 22.8 Å². The average Bonchev–Trinajstić information content (AvgIpc) is 4.13. The summed E-state index contributed by atoms with van der Waals surface area (Å²) in [6, 6.07) is 16.0. The molecule has 3 saturated carbocycles. The summed E-state index contributed by atoms with van der Waals surface area (Å²) in [5, 5.41) is 2.98. The van der Waals surface area contributed by atoms with Gasteiger partial charge in [-0.05, 0) is 63.0 Å². The number of benzene rings is 2. The van der Waals surface area contributed by atoms with Crippen molar-refractivity contribution in [3.05, 3.63) is 67.3 Å². The zero-order valence-electron chi connectivity index (χ0n) is 33.8. The number of piperidine rings is 1. The summed E-state index contributed by atoms with van der Waals surface area (Å²) >= 11 is 0. The van der Waals surface area contributed by atoms with Gasteiger partial charge in [-0.25, -0.2) is 13.4 Å². The third-order valence-corrected chi connectivity index (χ3v) is 14.8. The molecule has 14 heteroatoms. The smallest absolute Gasteiger partial charge is 0.259 e. The SMILES string of the molecule is C=C[C@H]1C[C@]1(NC(=O)[C@@H]1C[C@@H](Oc2cc(-c3ccccc3)nc3cc(OC)ccc23)CN1C(=O)CC(CC1CCCC1)C(=O)N1CCCCC1)C(=O)NS(=O)(=O)C1CC1. The number of amides is 4. The predicted molar refractivity (Wildman–Crippen MR) is 223 cm³/mol. The van der Waals surface area contributed by atoms with Gasteiger partial charge in [-0.2, -0.15) is 0 Å². The Kier molecular flexibility index (Phi) is 11.7. The molecule has 2 aromatic carbocycles. The minimum atomic E-state index is -3.89. The van der Waals surface area contributed by atoms with Crippen LogP contribution in [0.15, 0.2) is 67.3 Å². The normalized spacial score (nSPS) is 25.0. The number of ether oxygens (including phenoxy) is 2. The van der Waals surface area contributed by atoms with Crippen LogP contribution in [0.3, 0.4) is 0 Å². The molecule has 5 atom stereocenters. The van der Waals surface area contributed by atoms with Crippen molar-refractivity contribution < 1.29 is 37.1 Å². The predicted octanol–water partition coefficient (Wildman–Crippen LogP) is 5.53. The summed E-state index contributed by atoms with van der Waals surface area (Å²) in [6.45, 7) is 5.25. The van der Waals surface area contributed by atoms with Gasteiger partial charge in [-0.3, -0.25) is 23.9 Å². The fourth-order valence-electron chi connectivity index (χ4n) is 9.38. The molecule has 2 N–H and O–H groups in total. The number of methoxy groups -OCH3 is 1. The van der Waals surface area contributed by atoms with E-state index in [1.807, 2.05) is 59.5 Å². The number of carbonyl (C=O) groups excluding carboxylic acids is 4. The highest BCUT2D eigenvalue weighted by Gasteiger charge is 2.62. The van der Waals surface area contributed by atoms with Gasteiger partial charge in [0.05, 0.1) is 30.1 Å². The third-order valence-electron chi connectivity index (χ3n) is 13.0. The van der Waals surface area contributed by atoms with Gasteiger partial charge < -0.3 is 24.6 Å². The first-order valence-electron chi connectivity index (χ1n) is 21.3. The van der Waals surface area contributed by atoms with Crippen LogP contribution in [0.25, 0.3) is 22.2 Å². The number of fused-ring (bicyclic) bond motifs is 1. The van der Waals surface area contributed by atoms with E-state index in [4.69, 9.17) is 14.5 Å². The second-order valence-electron chi connectivity index (χ2n) is 17.1. The van der Waals surface area contributed by atoms with Gasteiger partial charge in [0.1, 0.15) is 29.2 Å². The molecule has 13 nitrogen and oxygen atoms in total. The van der Waals surface area contributed by atoms with Gasteiger partial charge in [-0.15, -0.1) is 6.58 Å². The average molecular weight is 826 g/mol. The molecule has 0 radical (unpaired) electrons. The molecule has 5 fully saturated rings. The van der Waals surface area contributed by atoms with Gasteiger partial charge in [0, 0.05) is 60.8 Å². The number of nitrogens with zero attached hydrogens (tertiary/aromatic N) is 3. The lowest BCUT2D eigenvalue weighted by atomic mass is 9.88. The molecule has 59 heavy (non-hydrogen) atoms. The largest absolute Gasteiger partial charge is 0.497 e. The van der Waals surface area contributed by atoms with E-state index in [1.54, 1.807) is 13.2 Å². The Morgan fingerprint density at radius 2 is 1.73 bits per heavy atom. The number of likely N-dealkylation sites (tertiary alicyclic amines) is 2. The quantitative estimate of drug-likeness (QED) is 0.188. The van der Waals surface area contributed by atoms with Gasteiger partial charge in [0.25, 0.3) is 5.91 Å². The van der Waals surface area contributed by atoms with Crippen molar-refractivity contribution in [2.24, 2.45) is 17.8 Å².